The van der Waals surface area contributed by atoms with Crippen molar-refractivity contribution in [2.24, 2.45) is 0 Å². The maximum Gasteiger partial charge on any atom is 0.252 e. The van der Waals surface area contributed by atoms with Crippen LogP contribution in [0.3, 0.4) is 0 Å². The van der Waals surface area contributed by atoms with E-state index in [2.05, 4.69) is 26.2 Å². The third kappa shape index (κ3) is 3.42. The number of carbonyl (C=O) groups excluding carboxylic acids is 1. The molecule has 0 aliphatic heterocycles. The maximum atomic E-state index is 12.3. The normalized spacial score (nSPS) is 11.4. The number of nitrogens with zero attached hydrogens (tertiary/aromatic N) is 1. The number of carbonyl (C=O) groups is 1. The van der Waals surface area contributed by atoms with Gasteiger partial charge in [-0.15, -0.1) is 11.3 Å². The Bertz CT molecular complexity index is 573. The highest BCUT2D eigenvalue weighted by molar-refractivity contribution is 9.10. The quantitative estimate of drug-likeness (QED) is 0.922. The summed E-state index contributed by atoms with van der Waals surface area (Å²) in [6.07, 6.45) is 1.75. The molecule has 2 rings (SSSR count). The molecule has 2 aromatic rings. The first-order chi connectivity index (χ1) is 8.88. The summed E-state index contributed by atoms with van der Waals surface area (Å²) in [7, 11) is 0. The molecule has 3 nitrogen and oxygen atoms in total. The first kappa shape index (κ1) is 14.2. The van der Waals surface area contributed by atoms with Gasteiger partial charge in [-0.1, -0.05) is 15.9 Å². The molecule has 0 saturated heterocycles. The van der Waals surface area contributed by atoms with E-state index in [0.29, 0.717) is 5.56 Å². The molecule has 5 heteroatoms. The van der Waals surface area contributed by atoms with Crippen LogP contribution in [-0.2, 0) is 5.54 Å². The van der Waals surface area contributed by atoms with Crippen LogP contribution in [0.1, 0.15) is 34.8 Å². The third-order valence-electron chi connectivity index (χ3n) is 2.70. The fraction of sp³-hybridized carbons (Fsp3) is 0.286. The molecule has 1 heterocycles. The van der Waals surface area contributed by atoms with Crippen LogP contribution in [0.4, 0.5) is 0 Å². The lowest BCUT2D eigenvalue weighted by molar-refractivity contribution is 0.0912. The molecule has 0 aliphatic carbocycles. The highest BCUT2D eigenvalue weighted by Crippen LogP contribution is 2.23. The number of amides is 1. The second kappa shape index (κ2) is 5.43. The van der Waals surface area contributed by atoms with E-state index < -0.39 is 5.54 Å². The number of nitrogens with one attached hydrogen (secondary N) is 1. The van der Waals surface area contributed by atoms with Crippen molar-refractivity contribution in [2.75, 3.05) is 0 Å². The molecule has 0 bridgehead atoms. The largest absolute Gasteiger partial charge is 0.341 e. The molecule has 0 fully saturated rings. The lowest BCUT2D eigenvalue weighted by Crippen LogP contribution is -2.40. The molecule has 1 amide bonds. The summed E-state index contributed by atoms with van der Waals surface area (Å²) in [4.78, 5) is 16.6. The average molecular weight is 339 g/mol. The summed E-state index contributed by atoms with van der Waals surface area (Å²) in [5, 5.41) is 5.82. The van der Waals surface area contributed by atoms with Crippen LogP contribution in [0.2, 0.25) is 0 Å². The van der Waals surface area contributed by atoms with Crippen LogP contribution in [0.5, 0.6) is 0 Å². The van der Waals surface area contributed by atoms with Gasteiger partial charge in [-0.25, -0.2) is 4.98 Å². The van der Waals surface area contributed by atoms with E-state index in [0.717, 1.165) is 15.0 Å². The molecule has 0 unspecified atom stereocenters. The predicted molar refractivity (Wildman–Crippen MR) is 81.5 cm³/mol. The van der Waals surface area contributed by atoms with Gasteiger partial charge in [-0.3, -0.25) is 4.79 Å². The zero-order valence-electron chi connectivity index (χ0n) is 11.0. The number of thiazole rings is 1. The van der Waals surface area contributed by atoms with Gasteiger partial charge in [0.1, 0.15) is 5.01 Å². The molecule has 1 aromatic heterocycles. The fourth-order valence-electron chi connectivity index (χ4n) is 1.81. The number of aryl methyl sites for hydroxylation is 1. The van der Waals surface area contributed by atoms with E-state index >= 15 is 0 Å². The van der Waals surface area contributed by atoms with Gasteiger partial charge >= 0.3 is 0 Å². The van der Waals surface area contributed by atoms with Crippen molar-refractivity contribution in [3.63, 3.8) is 0 Å². The lowest BCUT2D eigenvalue weighted by Gasteiger charge is -2.24. The van der Waals surface area contributed by atoms with Gasteiger partial charge in [0.05, 0.1) is 5.54 Å². The van der Waals surface area contributed by atoms with E-state index in [1.165, 1.54) is 11.3 Å². The number of rotatable bonds is 3. The summed E-state index contributed by atoms with van der Waals surface area (Å²) < 4.78 is 0.907. The topological polar surface area (TPSA) is 42.0 Å². The molecule has 0 spiro atoms. The van der Waals surface area contributed by atoms with Crippen molar-refractivity contribution in [2.45, 2.75) is 26.3 Å². The Labute approximate surface area is 125 Å². The van der Waals surface area contributed by atoms with Crippen LogP contribution in [0.15, 0.2) is 34.2 Å². The Morgan fingerprint density at radius 3 is 2.68 bits per heavy atom. The minimum absolute atomic E-state index is 0.0930. The van der Waals surface area contributed by atoms with Crippen LogP contribution < -0.4 is 5.32 Å². The van der Waals surface area contributed by atoms with E-state index in [4.69, 9.17) is 0 Å². The van der Waals surface area contributed by atoms with Crippen molar-refractivity contribution in [3.05, 3.63) is 50.4 Å². The van der Waals surface area contributed by atoms with Gasteiger partial charge in [0, 0.05) is 21.6 Å². The van der Waals surface area contributed by atoms with Gasteiger partial charge in [-0.2, -0.15) is 0 Å². The molecule has 0 saturated carbocycles. The smallest absolute Gasteiger partial charge is 0.252 e. The first-order valence-corrected chi connectivity index (χ1v) is 7.55. The number of hydrogen-bond donors (Lipinski definition) is 1. The minimum Gasteiger partial charge on any atom is -0.341 e. The number of aromatic nitrogens is 1. The highest BCUT2D eigenvalue weighted by Gasteiger charge is 2.26. The highest BCUT2D eigenvalue weighted by atomic mass is 79.9. The zero-order chi connectivity index (χ0) is 14.0. The van der Waals surface area contributed by atoms with Crippen molar-refractivity contribution in [3.8, 4) is 0 Å². The average Bonchev–Trinajstić information content (AvgIpc) is 2.80. The number of hydrogen-bond acceptors (Lipinski definition) is 3. The van der Waals surface area contributed by atoms with Crippen molar-refractivity contribution in [1.29, 1.82) is 0 Å². The Balaban J connectivity index is 2.21. The molecular weight excluding hydrogens is 324 g/mol. The molecule has 1 N–H and O–H groups in total. The van der Waals surface area contributed by atoms with Gasteiger partial charge in [0.2, 0.25) is 0 Å². The van der Waals surface area contributed by atoms with Gasteiger partial charge < -0.3 is 5.32 Å². The SMILES string of the molecule is Cc1cc(Br)cc(C(=O)NC(C)(C)c2nccs2)c1. The minimum atomic E-state index is -0.471. The van der Waals surface area contributed by atoms with Crippen LogP contribution in [0, 0.1) is 6.92 Å². The summed E-state index contributed by atoms with van der Waals surface area (Å²) in [5.74, 6) is -0.0930. The molecular formula is C14H15BrN2OS. The molecule has 0 aliphatic rings. The van der Waals surface area contributed by atoms with Crippen molar-refractivity contribution >= 4 is 33.2 Å². The van der Waals surface area contributed by atoms with E-state index in [-0.39, 0.29) is 5.91 Å². The second-order valence-electron chi connectivity index (χ2n) is 4.93. The second-order valence-corrected chi connectivity index (χ2v) is 6.74. The van der Waals surface area contributed by atoms with Crippen LogP contribution in [-0.4, -0.2) is 10.9 Å². The number of halogens is 1. The summed E-state index contributed by atoms with van der Waals surface area (Å²) >= 11 is 4.95. The molecule has 100 valence electrons. The van der Waals surface area contributed by atoms with Gasteiger partial charge in [0.25, 0.3) is 5.91 Å². The van der Waals surface area contributed by atoms with E-state index in [9.17, 15) is 4.79 Å². The maximum absolute atomic E-state index is 12.3. The van der Waals surface area contributed by atoms with Crippen molar-refractivity contribution in [1.82, 2.24) is 10.3 Å². The van der Waals surface area contributed by atoms with E-state index in [1.807, 2.05) is 44.4 Å². The van der Waals surface area contributed by atoms with Gasteiger partial charge in [-0.05, 0) is 44.5 Å². The summed E-state index contributed by atoms with van der Waals surface area (Å²) in [6, 6.07) is 5.67. The first-order valence-electron chi connectivity index (χ1n) is 5.88. The van der Waals surface area contributed by atoms with Gasteiger partial charge in [0.15, 0.2) is 0 Å². The molecule has 0 radical (unpaired) electrons. The summed E-state index contributed by atoms with van der Waals surface area (Å²) in [5.41, 5.74) is 1.23. The lowest BCUT2D eigenvalue weighted by atomic mass is 10.0. The third-order valence-corrected chi connectivity index (χ3v) is 4.25. The van der Waals surface area contributed by atoms with Crippen LogP contribution in [0.25, 0.3) is 0 Å². The molecule has 0 atom stereocenters. The summed E-state index contributed by atoms with van der Waals surface area (Å²) in [6.45, 7) is 5.87. The van der Waals surface area contributed by atoms with Crippen LogP contribution >= 0.6 is 27.3 Å². The zero-order valence-corrected chi connectivity index (χ0v) is 13.4. The Hall–Kier alpha value is -1.20. The standard InChI is InChI=1S/C14H15BrN2OS/c1-9-6-10(8-11(15)7-9)12(18)17-14(2,3)13-16-4-5-19-13/h4-8H,1-3H3,(H,17,18). The van der Waals surface area contributed by atoms with Crippen molar-refractivity contribution < 1.29 is 4.79 Å². The Kier molecular flexibility index (Phi) is 4.06. The Morgan fingerprint density at radius 1 is 1.37 bits per heavy atom. The molecule has 19 heavy (non-hydrogen) atoms. The predicted octanol–water partition coefficient (Wildman–Crippen LogP) is 3.88. The van der Waals surface area contributed by atoms with E-state index in [1.54, 1.807) is 6.20 Å². The Morgan fingerprint density at radius 2 is 2.11 bits per heavy atom. The monoisotopic (exact) mass is 338 g/mol. The number of benzene rings is 1. The fourth-order valence-corrected chi connectivity index (χ4v) is 3.13. The molecule has 1 aromatic carbocycles.